The molecule has 2 aliphatic heterocycles. The summed E-state index contributed by atoms with van der Waals surface area (Å²) in [5, 5.41) is 0. The van der Waals surface area contributed by atoms with E-state index in [0.29, 0.717) is 18.1 Å². The van der Waals surface area contributed by atoms with E-state index in [9.17, 15) is 0 Å². The van der Waals surface area contributed by atoms with E-state index in [1.54, 1.807) is 0 Å². The third-order valence-electron chi connectivity index (χ3n) is 2.76. The Balaban J connectivity index is 1.72. The van der Waals surface area contributed by atoms with Crippen molar-refractivity contribution in [3.05, 3.63) is 0 Å². The van der Waals surface area contributed by atoms with Gasteiger partial charge in [-0.3, -0.25) is 0 Å². The maximum atomic E-state index is 5.69. The molecule has 0 aromatic rings. The first-order valence-corrected chi connectivity index (χ1v) is 5.81. The van der Waals surface area contributed by atoms with E-state index in [2.05, 4.69) is 0 Å². The lowest BCUT2D eigenvalue weighted by molar-refractivity contribution is 0.230. The van der Waals surface area contributed by atoms with Crippen molar-refractivity contribution in [2.45, 2.75) is 37.1 Å². The lowest BCUT2D eigenvalue weighted by atomic mass is 9.99. The summed E-state index contributed by atoms with van der Waals surface area (Å²) < 4.78 is 11.0. The minimum absolute atomic E-state index is 0.0151. The summed E-state index contributed by atoms with van der Waals surface area (Å²) in [6.07, 6.45) is 3.68. The van der Waals surface area contributed by atoms with E-state index in [1.165, 1.54) is 0 Å². The molecule has 0 aromatic carbocycles. The maximum Gasteiger partial charge on any atom is 0.121 e. The van der Waals surface area contributed by atoms with Crippen molar-refractivity contribution in [2.24, 2.45) is 0 Å². The zero-order chi connectivity index (χ0) is 9.31. The van der Waals surface area contributed by atoms with Gasteiger partial charge in [0.25, 0.3) is 0 Å². The molecule has 13 heavy (non-hydrogen) atoms. The molecule has 0 amide bonds. The lowest BCUT2D eigenvalue weighted by Crippen LogP contribution is -2.22. The van der Waals surface area contributed by atoms with E-state index >= 15 is 0 Å². The molecule has 0 radical (unpaired) electrons. The highest BCUT2D eigenvalue weighted by atomic mass is 35.5. The van der Waals surface area contributed by atoms with Crippen LogP contribution >= 0.6 is 23.2 Å². The first-order valence-electron chi connectivity index (χ1n) is 4.74. The van der Waals surface area contributed by atoms with E-state index in [0.717, 1.165) is 31.7 Å². The Hall–Kier alpha value is 0.500. The zero-order valence-corrected chi connectivity index (χ0v) is 8.98. The second-order valence-corrected chi connectivity index (χ2v) is 4.47. The molecule has 2 aliphatic rings. The fourth-order valence-electron chi connectivity index (χ4n) is 1.81. The predicted octanol–water partition coefficient (Wildman–Crippen LogP) is 2.17. The minimum atomic E-state index is -0.0151. The Labute approximate surface area is 88.5 Å². The SMILES string of the molecule is ClCCCC1OC1C1(CCCl)CO1. The molecule has 3 atom stereocenters. The summed E-state index contributed by atoms with van der Waals surface area (Å²) in [5.41, 5.74) is -0.0151. The van der Waals surface area contributed by atoms with Crippen molar-refractivity contribution >= 4 is 23.2 Å². The normalized spacial score (nSPS) is 42.0. The Morgan fingerprint density at radius 2 is 2.08 bits per heavy atom. The standard InChI is InChI=1S/C9H14Cl2O2/c10-4-1-2-7-8(13-7)9(3-5-11)6-12-9/h7-8H,1-6H2. The van der Waals surface area contributed by atoms with E-state index in [4.69, 9.17) is 32.7 Å². The van der Waals surface area contributed by atoms with Crippen LogP contribution in [0, 0.1) is 0 Å². The molecule has 0 N–H and O–H groups in total. The number of epoxide rings is 2. The summed E-state index contributed by atoms with van der Waals surface area (Å²) in [6.45, 7) is 0.821. The van der Waals surface area contributed by atoms with Gasteiger partial charge in [-0.1, -0.05) is 0 Å². The fraction of sp³-hybridized carbons (Fsp3) is 1.00. The van der Waals surface area contributed by atoms with Gasteiger partial charge in [0.2, 0.25) is 0 Å². The third-order valence-corrected chi connectivity index (χ3v) is 3.21. The smallest absolute Gasteiger partial charge is 0.121 e. The van der Waals surface area contributed by atoms with Gasteiger partial charge < -0.3 is 9.47 Å². The molecule has 0 saturated carbocycles. The van der Waals surface area contributed by atoms with Crippen LogP contribution in [0.3, 0.4) is 0 Å². The van der Waals surface area contributed by atoms with E-state index in [1.807, 2.05) is 0 Å². The highest BCUT2D eigenvalue weighted by molar-refractivity contribution is 6.18. The lowest BCUT2D eigenvalue weighted by Gasteiger charge is -2.04. The third kappa shape index (κ3) is 2.12. The van der Waals surface area contributed by atoms with Crippen molar-refractivity contribution in [1.29, 1.82) is 0 Å². The van der Waals surface area contributed by atoms with Gasteiger partial charge in [0, 0.05) is 11.8 Å². The molecule has 4 heteroatoms. The van der Waals surface area contributed by atoms with Crippen LogP contribution in [0.15, 0.2) is 0 Å². The molecule has 3 unspecified atom stereocenters. The number of rotatable bonds is 6. The average molecular weight is 225 g/mol. The number of halogens is 2. The Bertz CT molecular complexity index is 182. The highest BCUT2D eigenvalue weighted by Crippen LogP contribution is 2.47. The number of ether oxygens (including phenoxy) is 2. The summed E-state index contributed by atoms with van der Waals surface area (Å²) in [6, 6.07) is 0. The van der Waals surface area contributed by atoms with Crippen LogP contribution < -0.4 is 0 Å². The van der Waals surface area contributed by atoms with Crippen molar-refractivity contribution in [2.75, 3.05) is 18.4 Å². The number of alkyl halides is 2. The minimum Gasteiger partial charge on any atom is -0.367 e. The number of hydrogen-bond donors (Lipinski definition) is 0. The van der Waals surface area contributed by atoms with Crippen molar-refractivity contribution in [1.82, 2.24) is 0 Å². The second-order valence-electron chi connectivity index (χ2n) is 3.72. The van der Waals surface area contributed by atoms with E-state index in [-0.39, 0.29) is 5.60 Å². The van der Waals surface area contributed by atoms with Crippen LogP contribution in [0.25, 0.3) is 0 Å². The summed E-state index contributed by atoms with van der Waals surface area (Å²) in [7, 11) is 0. The molecule has 2 fully saturated rings. The summed E-state index contributed by atoms with van der Waals surface area (Å²) in [5.74, 6) is 1.37. The summed E-state index contributed by atoms with van der Waals surface area (Å²) >= 11 is 11.3. The first-order chi connectivity index (χ1) is 6.32. The van der Waals surface area contributed by atoms with Crippen molar-refractivity contribution < 1.29 is 9.47 Å². The van der Waals surface area contributed by atoms with Crippen LogP contribution in [0.4, 0.5) is 0 Å². The predicted molar refractivity (Wildman–Crippen MR) is 52.6 cm³/mol. The molecule has 2 saturated heterocycles. The van der Waals surface area contributed by atoms with Gasteiger partial charge in [0.05, 0.1) is 12.7 Å². The molecule has 0 bridgehead atoms. The topological polar surface area (TPSA) is 25.1 Å². The van der Waals surface area contributed by atoms with Crippen LogP contribution in [-0.4, -0.2) is 36.2 Å². The Kier molecular flexibility index (Phi) is 3.04. The van der Waals surface area contributed by atoms with Gasteiger partial charge in [-0.25, -0.2) is 0 Å². The Morgan fingerprint density at radius 3 is 2.62 bits per heavy atom. The van der Waals surface area contributed by atoms with Gasteiger partial charge in [-0.05, 0) is 19.3 Å². The van der Waals surface area contributed by atoms with Crippen molar-refractivity contribution in [3.63, 3.8) is 0 Å². The second kappa shape index (κ2) is 3.93. The molecular weight excluding hydrogens is 211 g/mol. The van der Waals surface area contributed by atoms with Crippen LogP contribution in [0.5, 0.6) is 0 Å². The van der Waals surface area contributed by atoms with Crippen LogP contribution in [0.1, 0.15) is 19.3 Å². The number of hydrogen-bond acceptors (Lipinski definition) is 2. The van der Waals surface area contributed by atoms with E-state index < -0.39 is 0 Å². The van der Waals surface area contributed by atoms with Gasteiger partial charge >= 0.3 is 0 Å². The molecular formula is C9H14Cl2O2. The van der Waals surface area contributed by atoms with Gasteiger partial charge in [-0.2, -0.15) is 0 Å². The molecule has 0 aliphatic carbocycles. The molecule has 0 aromatic heterocycles. The average Bonchev–Trinajstić information content (AvgIpc) is 2.95. The fourth-order valence-corrected chi connectivity index (χ4v) is 2.28. The Morgan fingerprint density at radius 1 is 1.31 bits per heavy atom. The monoisotopic (exact) mass is 224 g/mol. The first kappa shape index (κ1) is 10.0. The molecule has 2 nitrogen and oxygen atoms in total. The van der Waals surface area contributed by atoms with Crippen molar-refractivity contribution in [3.8, 4) is 0 Å². The van der Waals surface area contributed by atoms with Gasteiger partial charge in [-0.15, -0.1) is 23.2 Å². The summed E-state index contributed by atoms with van der Waals surface area (Å²) in [4.78, 5) is 0. The zero-order valence-electron chi connectivity index (χ0n) is 7.47. The largest absolute Gasteiger partial charge is 0.367 e. The van der Waals surface area contributed by atoms with Gasteiger partial charge in [0.1, 0.15) is 11.7 Å². The van der Waals surface area contributed by atoms with Crippen LogP contribution in [-0.2, 0) is 9.47 Å². The van der Waals surface area contributed by atoms with Gasteiger partial charge in [0.15, 0.2) is 0 Å². The highest BCUT2D eigenvalue weighted by Gasteiger charge is 2.62. The molecule has 76 valence electrons. The maximum absolute atomic E-state index is 5.69. The quantitative estimate of drug-likeness (QED) is 0.511. The van der Waals surface area contributed by atoms with Crippen LogP contribution in [0.2, 0.25) is 0 Å². The molecule has 2 heterocycles. The molecule has 0 spiro atoms. The molecule has 2 rings (SSSR count).